The van der Waals surface area contributed by atoms with Crippen molar-refractivity contribution in [1.29, 1.82) is 0 Å². The van der Waals surface area contributed by atoms with E-state index in [1.165, 1.54) is 15.3 Å². The molecule has 0 unspecified atom stereocenters. The summed E-state index contributed by atoms with van der Waals surface area (Å²) in [7, 11) is 0. The fourth-order valence-electron chi connectivity index (χ4n) is 2.00. The Labute approximate surface area is 132 Å². The van der Waals surface area contributed by atoms with Crippen LogP contribution in [-0.4, -0.2) is 11.6 Å². The fraction of sp³-hybridized carbons (Fsp3) is 0.188. The second kappa shape index (κ2) is 6.74. The summed E-state index contributed by atoms with van der Waals surface area (Å²) in [6.45, 7) is 3.36. The van der Waals surface area contributed by atoms with Crippen molar-refractivity contribution in [3.8, 4) is 16.3 Å². The molecule has 0 aliphatic rings. The van der Waals surface area contributed by atoms with Crippen molar-refractivity contribution in [3.63, 3.8) is 0 Å². The highest BCUT2D eigenvalue weighted by Crippen LogP contribution is 2.30. The van der Waals surface area contributed by atoms with E-state index in [-0.39, 0.29) is 0 Å². The highest BCUT2D eigenvalue weighted by Gasteiger charge is 2.06. The molecule has 0 saturated heterocycles. The topological polar surface area (TPSA) is 34.1 Å². The van der Waals surface area contributed by atoms with Gasteiger partial charge in [0, 0.05) is 28.1 Å². The third kappa shape index (κ3) is 3.43. The highest BCUT2D eigenvalue weighted by atomic mass is 32.1. The minimum atomic E-state index is 0.618. The molecule has 0 aliphatic carbocycles. The van der Waals surface area contributed by atoms with Crippen LogP contribution in [0.1, 0.15) is 11.8 Å². The Morgan fingerprint density at radius 2 is 2.19 bits per heavy atom. The third-order valence-electron chi connectivity index (χ3n) is 2.96. The van der Waals surface area contributed by atoms with Crippen molar-refractivity contribution in [1.82, 2.24) is 4.98 Å². The lowest BCUT2D eigenvalue weighted by Gasteiger charge is -2.09. The van der Waals surface area contributed by atoms with E-state index >= 15 is 0 Å². The number of anilines is 1. The molecule has 108 valence electrons. The minimum Gasteiger partial charge on any atom is -0.476 e. The van der Waals surface area contributed by atoms with Crippen LogP contribution in [0.4, 0.5) is 5.69 Å². The van der Waals surface area contributed by atoms with Crippen LogP contribution >= 0.6 is 22.7 Å². The van der Waals surface area contributed by atoms with Gasteiger partial charge in [-0.3, -0.25) is 0 Å². The van der Waals surface area contributed by atoms with Crippen molar-refractivity contribution in [2.24, 2.45) is 0 Å². The molecule has 5 heteroatoms. The first-order chi connectivity index (χ1) is 10.4. The van der Waals surface area contributed by atoms with Gasteiger partial charge in [0.2, 0.25) is 5.88 Å². The molecule has 3 nitrogen and oxygen atoms in total. The van der Waals surface area contributed by atoms with Crippen molar-refractivity contribution in [3.05, 3.63) is 52.2 Å². The van der Waals surface area contributed by atoms with E-state index in [2.05, 4.69) is 39.3 Å². The second-order valence-corrected chi connectivity index (χ2v) is 6.37. The Morgan fingerprint density at radius 3 is 3.00 bits per heavy atom. The Hall–Kier alpha value is -1.85. The van der Waals surface area contributed by atoms with Gasteiger partial charge in [-0.05, 0) is 41.9 Å². The predicted octanol–water partition coefficient (Wildman–Crippen LogP) is 4.88. The lowest BCUT2D eigenvalue weighted by atomic mass is 10.2. The molecule has 0 amide bonds. The molecular weight excluding hydrogens is 300 g/mol. The monoisotopic (exact) mass is 316 g/mol. The number of aromatic nitrogens is 1. The molecule has 21 heavy (non-hydrogen) atoms. The highest BCUT2D eigenvalue weighted by molar-refractivity contribution is 7.14. The first-order valence-electron chi connectivity index (χ1n) is 6.80. The van der Waals surface area contributed by atoms with Crippen LogP contribution in [0, 0.1) is 0 Å². The van der Waals surface area contributed by atoms with E-state index < -0.39 is 0 Å². The van der Waals surface area contributed by atoms with Crippen LogP contribution in [0.25, 0.3) is 10.4 Å². The SMILES string of the molecule is CCOc1ncccc1NCc1cc(-c2cccs2)cs1. The molecule has 0 saturated carbocycles. The van der Waals surface area contributed by atoms with Crippen LogP contribution in [0.5, 0.6) is 5.88 Å². The van der Waals surface area contributed by atoms with Gasteiger partial charge in [0.25, 0.3) is 0 Å². The summed E-state index contributed by atoms with van der Waals surface area (Å²) >= 11 is 3.54. The van der Waals surface area contributed by atoms with Crippen LogP contribution in [0.15, 0.2) is 47.3 Å². The normalized spacial score (nSPS) is 10.5. The number of rotatable bonds is 6. The van der Waals surface area contributed by atoms with E-state index in [0.717, 1.165) is 12.2 Å². The van der Waals surface area contributed by atoms with E-state index in [4.69, 9.17) is 4.74 Å². The molecule has 0 radical (unpaired) electrons. The summed E-state index contributed by atoms with van der Waals surface area (Å²) < 4.78 is 5.52. The maximum atomic E-state index is 5.52. The van der Waals surface area contributed by atoms with Gasteiger partial charge in [-0.1, -0.05) is 6.07 Å². The average molecular weight is 316 g/mol. The average Bonchev–Trinajstić information content (AvgIpc) is 3.18. The fourth-order valence-corrected chi connectivity index (χ4v) is 3.62. The van der Waals surface area contributed by atoms with Crippen LogP contribution < -0.4 is 10.1 Å². The zero-order valence-corrected chi connectivity index (χ0v) is 13.3. The summed E-state index contributed by atoms with van der Waals surface area (Å²) in [5, 5.41) is 7.71. The summed E-state index contributed by atoms with van der Waals surface area (Å²) in [4.78, 5) is 6.86. The van der Waals surface area contributed by atoms with Gasteiger partial charge in [0.05, 0.1) is 12.3 Å². The molecule has 3 aromatic rings. The number of hydrogen-bond donors (Lipinski definition) is 1. The first-order valence-corrected chi connectivity index (χ1v) is 8.55. The quantitative estimate of drug-likeness (QED) is 0.703. The van der Waals surface area contributed by atoms with E-state index in [1.807, 2.05) is 19.1 Å². The van der Waals surface area contributed by atoms with Crippen LogP contribution in [0.3, 0.4) is 0 Å². The Kier molecular flexibility index (Phi) is 4.52. The standard InChI is InChI=1S/C16H16N2OS2/c1-2-19-16-14(5-3-7-17-16)18-10-13-9-12(11-21-13)15-6-4-8-20-15/h3-9,11,18H,2,10H2,1H3. The van der Waals surface area contributed by atoms with Gasteiger partial charge < -0.3 is 10.1 Å². The van der Waals surface area contributed by atoms with Gasteiger partial charge >= 0.3 is 0 Å². The maximum absolute atomic E-state index is 5.52. The Balaban J connectivity index is 1.68. The van der Waals surface area contributed by atoms with Gasteiger partial charge in [-0.15, -0.1) is 22.7 Å². The molecule has 1 N–H and O–H groups in total. The van der Waals surface area contributed by atoms with Crippen LogP contribution in [0.2, 0.25) is 0 Å². The second-order valence-electron chi connectivity index (χ2n) is 4.42. The first kappa shape index (κ1) is 14.1. The van der Waals surface area contributed by atoms with Crippen molar-refractivity contribution in [2.45, 2.75) is 13.5 Å². The molecular formula is C16H16N2OS2. The lowest BCUT2D eigenvalue weighted by molar-refractivity contribution is 0.328. The summed E-state index contributed by atoms with van der Waals surface area (Å²) in [5.74, 6) is 0.662. The number of nitrogens with zero attached hydrogens (tertiary/aromatic N) is 1. The molecule has 0 fully saturated rings. The predicted molar refractivity (Wildman–Crippen MR) is 90.4 cm³/mol. The number of thiophene rings is 2. The van der Waals surface area contributed by atoms with Gasteiger partial charge in [-0.2, -0.15) is 0 Å². The molecule has 3 rings (SSSR count). The summed E-state index contributed by atoms with van der Waals surface area (Å²) in [6.07, 6.45) is 1.75. The van der Waals surface area contributed by atoms with Crippen molar-refractivity contribution >= 4 is 28.4 Å². The molecule has 3 heterocycles. The zero-order chi connectivity index (χ0) is 14.5. The van der Waals surface area contributed by atoms with E-state index in [1.54, 1.807) is 28.9 Å². The van der Waals surface area contributed by atoms with Crippen LogP contribution in [-0.2, 0) is 6.54 Å². The Morgan fingerprint density at radius 1 is 1.24 bits per heavy atom. The number of pyridine rings is 1. The van der Waals surface area contributed by atoms with Crippen molar-refractivity contribution < 1.29 is 4.74 Å². The maximum Gasteiger partial charge on any atom is 0.237 e. The smallest absolute Gasteiger partial charge is 0.237 e. The summed E-state index contributed by atoms with van der Waals surface area (Å²) in [6, 6.07) is 10.4. The molecule has 3 aromatic heterocycles. The van der Waals surface area contributed by atoms with Gasteiger partial charge in [-0.25, -0.2) is 4.98 Å². The third-order valence-corrected chi connectivity index (χ3v) is 4.82. The molecule has 0 atom stereocenters. The largest absolute Gasteiger partial charge is 0.476 e. The number of hydrogen-bond acceptors (Lipinski definition) is 5. The van der Waals surface area contributed by atoms with E-state index in [9.17, 15) is 0 Å². The van der Waals surface area contributed by atoms with Crippen molar-refractivity contribution in [2.75, 3.05) is 11.9 Å². The van der Waals surface area contributed by atoms with Gasteiger partial charge in [0.1, 0.15) is 0 Å². The molecule has 0 aromatic carbocycles. The lowest BCUT2D eigenvalue weighted by Crippen LogP contribution is -2.02. The minimum absolute atomic E-state index is 0.618. The van der Waals surface area contributed by atoms with E-state index in [0.29, 0.717) is 12.5 Å². The molecule has 0 aliphatic heterocycles. The number of ether oxygens (including phenoxy) is 1. The molecule has 0 spiro atoms. The zero-order valence-electron chi connectivity index (χ0n) is 11.7. The summed E-state index contributed by atoms with van der Waals surface area (Å²) in [5.41, 5.74) is 2.23. The van der Waals surface area contributed by atoms with Gasteiger partial charge in [0.15, 0.2) is 0 Å². The number of nitrogens with one attached hydrogen (secondary N) is 1. The molecule has 0 bridgehead atoms. The Bertz CT molecular complexity index is 692.